The third-order valence-electron chi connectivity index (χ3n) is 4.18. The number of furan rings is 1. The van der Waals surface area contributed by atoms with E-state index >= 15 is 0 Å². The molecule has 5 nitrogen and oxygen atoms in total. The zero-order valence-corrected chi connectivity index (χ0v) is 17.6. The molecule has 0 atom stereocenters. The lowest BCUT2D eigenvalue weighted by atomic mass is 10.1. The van der Waals surface area contributed by atoms with Crippen LogP contribution in [0.15, 0.2) is 50.2 Å². The van der Waals surface area contributed by atoms with Gasteiger partial charge in [0.2, 0.25) is 0 Å². The molecular formula is C20H19BrO5S. The summed E-state index contributed by atoms with van der Waals surface area (Å²) in [6.07, 6.45) is 0. The van der Waals surface area contributed by atoms with Gasteiger partial charge in [-0.1, -0.05) is 0 Å². The second-order valence-corrected chi connectivity index (χ2v) is 9.05. The van der Waals surface area contributed by atoms with E-state index in [9.17, 15) is 13.2 Å². The van der Waals surface area contributed by atoms with Gasteiger partial charge in [-0.05, 0) is 78.7 Å². The van der Waals surface area contributed by atoms with Crippen LogP contribution >= 0.6 is 15.9 Å². The Hall–Kier alpha value is -2.12. The summed E-state index contributed by atoms with van der Waals surface area (Å²) < 4.78 is 37.2. The van der Waals surface area contributed by atoms with Crippen molar-refractivity contribution >= 4 is 42.5 Å². The Morgan fingerprint density at radius 1 is 1.19 bits per heavy atom. The third kappa shape index (κ3) is 3.94. The number of aryl methyl sites for hydroxylation is 1. The summed E-state index contributed by atoms with van der Waals surface area (Å²) >= 11 is 3.42. The molecule has 0 amide bonds. The van der Waals surface area contributed by atoms with Crippen molar-refractivity contribution in [1.82, 2.24) is 0 Å². The lowest BCUT2D eigenvalue weighted by Crippen LogP contribution is -2.05. The van der Waals surface area contributed by atoms with Crippen LogP contribution in [0.2, 0.25) is 0 Å². The van der Waals surface area contributed by atoms with Crippen molar-refractivity contribution in [3.05, 3.63) is 57.8 Å². The molecule has 0 aliphatic rings. The van der Waals surface area contributed by atoms with Gasteiger partial charge in [-0.25, -0.2) is 8.42 Å². The number of rotatable bonds is 6. The fourth-order valence-electron chi connectivity index (χ4n) is 3.07. The van der Waals surface area contributed by atoms with Crippen LogP contribution in [0.3, 0.4) is 0 Å². The molecule has 0 unspecified atom stereocenters. The van der Waals surface area contributed by atoms with Gasteiger partial charge in [-0.15, -0.1) is 0 Å². The van der Waals surface area contributed by atoms with Gasteiger partial charge in [0.1, 0.15) is 17.1 Å². The first-order chi connectivity index (χ1) is 12.7. The maximum Gasteiger partial charge on any atom is 0.182 e. The Morgan fingerprint density at radius 3 is 2.44 bits per heavy atom. The lowest BCUT2D eigenvalue weighted by Gasteiger charge is -2.08. The van der Waals surface area contributed by atoms with E-state index in [1.54, 1.807) is 31.2 Å². The van der Waals surface area contributed by atoms with Gasteiger partial charge < -0.3 is 9.15 Å². The van der Waals surface area contributed by atoms with Crippen molar-refractivity contribution in [3.8, 4) is 5.75 Å². The number of carbonyl (C=O) groups excluding carboxylic acids is 1. The fourth-order valence-corrected chi connectivity index (χ4v) is 4.98. The number of ketones is 1. The maximum atomic E-state index is 12.8. The predicted octanol–water partition coefficient (Wildman–Crippen LogP) is 5.08. The third-order valence-corrected chi connectivity index (χ3v) is 6.48. The molecule has 0 spiro atoms. The summed E-state index contributed by atoms with van der Waals surface area (Å²) in [6, 6.07) is 9.78. The molecule has 2 aromatic carbocycles. The lowest BCUT2D eigenvalue weighted by molar-refractivity contribution is 0.101. The minimum absolute atomic E-state index is 0.121. The van der Waals surface area contributed by atoms with Crippen LogP contribution in [0.1, 0.15) is 35.5 Å². The van der Waals surface area contributed by atoms with Crippen molar-refractivity contribution in [3.63, 3.8) is 0 Å². The van der Waals surface area contributed by atoms with Gasteiger partial charge in [0.15, 0.2) is 15.6 Å². The number of sulfone groups is 1. The van der Waals surface area contributed by atoms with Gasteiger partial charge in [-0.3, -0.25) is 4.79 Å². The van der Waals surface area contributed by atoms with Crippen molar-refractivity contribution < 1.29 is 22.4 Å². The highest BCUT2D eigenvalue weighted by atomic mass is 79.9. The van der Waals surface area contributed by atoms with Crippen LogP contribution in [0, 0.1) is 6.92 Å². The van der Waals surface area contributed by atoms with Gasteiger partial charge in [0.05, 0.1) is 27.3 Å². The number of hydrogen-bond donors (Lipinski definition) is 0. The van der Waals surface area contributed by atoms with Gasteiger partial charge in [0, 0.05) is 5.39 Å². The number of benzene rings is 2. The van der Waals surface area contributed by atoms with Crippen molar-refractivity contribution in [2.75, 3.05) is 6.61 Å². The van der Waals surface area contributed by atoms with E-state index < -0.39 is 9.84 Å². The average molecular weight is 451 g/mol. The highest BCUT2D eigenvalue weighted by Crippen LogP contribution is 2.34. The average Bonchev–Trinajstić information content (AvgIpc) is 2.92. The van der Waals surface area contributed by atoms with E-state index in [2.05, 4.69) is 15.9 Å². The fraction of sp³-hybridized carbons (Fsp3) is 0.250. The topological polar surface area (TPSA) is 73.6 Å². The van der Waals surface area contributed by atoms with Gasteiger partial charge in [0.25, 0.3) is 0 Å². The molecular weight excluding hydrogens is 432 g/mol. The van der Waals surface area contributed by atoms with E-state index in [4.69, 9.17) is 9.15 Å². The van der Waals surface area contributed by atoms with Gasteiger partial charge >= 0.3 is 0 Å². The van der Waals surface area contributed by atoms with Crippen LogP contribution < -0.4 is 4.74 Å². The molecule has 0 aliphatic heterocycles. The SMILES string of the molecule is CCOc1ccc(S(=O)(=O)Cc2cc(Br)c3oc(C)c(C(C)=O)c3c2)cc1. The normalized spacial score (nSPS) is 11.7. The quantitative estimate of drug-likeness (QED) is 0.489. The molecule has 1 aromatic heterocycles. The maximum absolute atomic E-state index is 12.8. The first-order valence-electron chi connectivity index (χ1n) is 8.41. The number of ether oxygens (including phenoxy) is 1. The van der Waals surface area contributed by atoms with E-state index in [0.29, 0.717) is 44.7 Å². The summed E-state index contributed by atoms with van der Waals surface area (Å²) in [7, 11) is -3.55. The molecule has 27 heavy (non-hydrogen) atoms. The Kier molecular flexibility index (Phi) is 5.44. The molecule has 0 bridgehead atoms. The predicted molar refractivity (Wildman–Crippen MR) is 107 cm³/mol. The minimum Gasteiger partial charge on any atom is -0.494 e. The van der Waals surface area contributed by atoms with Crippen LogP contribution in [0.5, 0.6) is 5.75 Å². The zero-order chi connectivity index (χ0) is 19.8. The molecule has 142 valence electrons. The van der Waals surface area contributed by atoms with E-state index in [1.165, 1.54) is 19.1 Å². The highest BCUT2D eigenvalue weighted by Gasteiger charge is 2.21. The molecule has 0 N–H and O–H groups in total. The number of hydrogen-bond acceptors (Lipinski definition) is 5. The van der Waals surface area contributed by atoms with Crippen LogP contribution in [0.4, 0.5) is 0 Å². The van der Waals surface area contributed by atoms with Crippen LogP contribution in [0.25, 0.3) is 11.0 Å². The first-order valence-corrected chi connectivity index (χ1v) is 10.9. The summed E-state index contributed by atoms with van der Waals surface area (Å²) in [5.41, 5.74) is 1.59. The largest absolute Gasteiger partial charge is 0.494 e. The summed E-state index contributed by atoms with van der Waals surface area (Å²) in [4.78, 5) is 12.2. The van der Waals surface area contributed by atoms with E-state index in [1.807, 2.05) is 6.92 Å². The zero-order valence-electron chi connectivity index (χ0n) is 15.2. The Morgan fingerprint density at radius 2 is 1.85 bits per heavy atom. The monoisotopic (exact) mass is 450 g/mol. The molecule has 1 heterocycles. The molecule has 0 fully saturated rings. The van der Waals surface area contributed by atoms with Crippen molar-refractivity contribution in [2.45, 2.75) is 31.4 Å². The summed E-state index contributed by atoms with van der Waals surface area (Å²) in [5, 5.41) is 0.617. The number of carbonyl (C=O) groups is 1. The van der Waals surface area contributed by atoms with Gasteiger partial charge in [-0.2, -0.15) is 0 Å². The molecule has 7 heteroatoms. The number of fused-ring (bicyclic) bond motifs is 1. The smallest absolute Gasteiger partial charge is 0.182 e. The molecule has 3 aromatic rings. The van der Waals surface area contributed by atoms with Crippen LogP contribution in [-0.4, -0.2) is 20.8 Å². The Bertz CT molecular complexity index is 1110. The van der Waals surface area contributed by atoms with E-state index in [0.717, 1.165) is 0 Å². The van der Waals surface area contributed by atoms with Crippen LogP contribution in [-0.2, 0) is 15.6 Å². The summed E-state index contributed by atoms with van der Waals surface area (Å²) in [6.45, 7) is 5.57. The highest BCUT2D eigenvalue weighted by molar-refractivity contribution is 9.10. The molecule has 0 aliphatic carbocycles. The van der Waals surface area contributed by atoms with E-state index in [-0.39, 0.29) is 16.4 Å². The molecule has 3 rings (SSSR count). The summed E-state index contributed by atoms with van der Waals surface area (Å²) in [5.74, 6) is 0.840. The number of Topliss-reactive ketones (excluding diaryl/α,β-unsaturated/α-hetero) is 1. The first kappa shape index (κ1) is 19.6. The second kappa shape index (κ2) is 7.48. The van der Waals surface area contributed by atoms with Crippen molar-refractivity contribution in [1.29, 1.82) is 0 Å². The molecule has 0 radical (unpaired) electrons. The van der Waals surface area contributed by atoms with Crippen molar-refractivity contribution in [2.24, 2.45) is 0 Å². The standard InChI is InChI=1S/C20H19BrO5S/c1-4-25-15-5-7-16(8-6-15)27(23,24)11-14-9-17-19(12(2)22)13(3)26-20(17)18(21)10-14/h5-10H,4,11H2,1-3H3. The Balaban J connectivity index is 2.00. The second-order valence-electron chi connectivity index (χ2n) is 6.21. The molecule has 0 saturated carbocycles. The molecule has 0 saturated heterocycles. The Labute approximate surface area is 166 Å². The minimum atomic E-state index is -3.55. The number of halogens is 1.